The molecule has 2 aromatic rings. The van der Waals surface area contributed by atoms with Gasteiger partial charge in [0.2, 0.25) is 10.0 Å². The van der Waals surface area contributed by atoms with Gasteiger partial charge in [-0.15, -0.1) is 0 Å². The van der Waals surface area contributed by atoms with E-state index in [0.717, 1.165) is 4.31 Å². The first-order valence-electron chi connectivity index (χ1n) is 8.43. The highest BCUT2D eigenvalue weighted by Gasteiger charge is 2.23. The summed E-state index contributed by atoms with van der Waals surface area (Å²) in [5.41, 5.74) is 1.02. The summed E-state index contributed by atoms with van der Waals surface area (Å²) in [5.74, 6) is -1.40. The molecule has 0 saturated heterocycles. The topological polar surface area (TPSA) is 92.8 Å². The van der Waals surface area contributed by atoms with Gasteiger partial charge in [-0.1, -0.05) is 29.3 Å². The van der Waals surface area contributed by atoms with Crippen LogP contribution in [0.3, 0.4) is 0 Å². The van der Waals surface area contributed by atoms with Crippen molar-refractivity contribution in [1.29, 1.82) is 0 Å². The molecular formula is C19H20Cl2N2O5S. The molecule has 0 radical (unpaired) electrons. The van der Waals surface area contributed by atoms with E-state index in [0.29, 0.717) is 16.3 Å². The van der Waals surface area contributed by atoms with E-state index >= 15 is 0 Å². The van der Waals surface area contributed by atoms with E-state index in [9.17, 15) is 18.0 Å². The Kier molecular flexibility index (Phi) is 7.29. The quantitative estimate of drug-likeness (QED) is 0.665. The van der Waals surface area contributed by atoms with Crippen molar-refractivity contribution >= 4 is 50.8 Å². The van der Waals surface area contributed by atoms with Gasteiger partial charge in [0.1, 0.15) is 0 Å². The predicted molar refractivity (Wildman–Crippen MR) is 112 cm³/mol. The van der Waals surface area contributed by atoms with E-state index < -0.39 is 28.0 Å². The molecular weight excluding hydrogens is 439 g/mol. The largest absolute Gasteiger partial charge is 0.449 e. The van der Waals surface area contributed by atoms with Crippen LogP contribution in [0, 0.1) is 6.92 Å². The van der Waals surface area contributed by atoms with Gasteiger partial charge in [0, 0.05) is 24.8 Å². The summed E-state index contributed by atoms with van der Waals surface area (Å²) < 4.78 is 30.8. The van der Waals surface area contributed by atoms with Crippen LogP contribution in [-0.4, -0.2) is 44.8 Å². The second-order valence-electron chi connectivity index (χ2n) is 6.43. The number of anilines is 1. The van der Waals surface area contributed by atoms with E-state index in [1.807, 2.05) is 0 Å². The highest BCUT2D eigenvalue weighted by atomic mass is 35.5. The Morgan fingerprint density at radius 1 is 1.10 bits per heavy atom. The zero-order chi connectivity index (χ0) is 21.9. The van der Waals surface area contributed by atoms with Crippen LogP contribution in [0.25, 0.3) is 0 Å². The van der Waals surface area contributed by atoms with Gasteiger partial charge in [0.05, 0.1) is 15.5 Å². The summed E-state index contributed by atoms with van der Waals surface area (Å²) in [6.45, 7) is 3.11. The van der Waals surface area contributed by atoms with Crippen molar-refractivity contribution in [3.8, 4) is 0 Å². The van der Waals surface area contributed by atoms with E-state index in [2.05, 4.69) is 5.32 Å². The summed E-state index contributed by atoms with van der Waals surface area (Å²) >= 11 is 11.8. The third-order valence-electron chi connectivity index (χ3n) is 4.05. The summed E-state index contributed by atoms with van der Waals surface area (Å²) in [7, 11) is -0.837. The minimum Gasteiger partial charge on any atom is -0.449 e. The Morgan fingerprint density at radius 3 is 2.34 bits per heavy atom. The molecule has 0 heterocycles. The van der Waals surface area contributed by atoms with Crippen LogP contribution in [0.5, 0.6) is 0 Å². The van der Waals surface area contributed by atoms with Gasteiger partial charge in [-0.2, -0.15) is 0 Å². The van der Waals surface area contributed by atoms with Crippen molar-refractivity contribution in [1.82, 2.24) is 4.31 Å². The van der Waals surface area contributed by atoms with Crippen LogP contribution in [0.4, 0.5) is 5.69 Å². The molecule has 156 valence electrons. The zero-order valence-electron chi connectivity index (χ0n) is 16.2. The molecule has 1 N–H and O–H groups in total. The van der Waals surface area contributed by atoms with Crippen LogP contribution in [-0.2, 0) is 19.6 Å². The molecule has 0 bridgehead atoms. The van der Waals surface area contributed by atoms with Gasteiger partial charge >= 0.3 is 5.97 Å². The van der Waals surface area contributed by atoms with Crippen molar-refractivity contribution in [3.63, 3.8) is 0 Å². The summed E-state index contributed by atoms with van der Waals surface area (Å²) in [4.78, 5) is 24.7. The Labute approximate surface area is 179 Å². The molecule has 1 amide bonds. The lowest BCUT2D eigenvalue weighted by molar-refractivity contribution is -0.123. The Hall–Kier alpha value is -2.13. The average molecular weight is 459 g/mol. The predicted octanol–water partition coefficient (Wildman–Crippen LogP) is 3.74. The number of sulfonamides is 1. The van der Waals surface area contributed by atoms with Crippen LogP contribution in [0.1, 0.15) is 22.8 Å². The number of benzene rings is 2. The maximum atomic E-state index is 12.5. The first-order chi connectivity index (χ1) is 13.4. The van der Waals surface area contributed by atoms with Crippen LogP contribution < -0.4 is 5.32 Å². The van der Waals surface area contributed by atoms with E-state index in [-0.39, 0.29) is 15.5 Å². The van der Waals surface area contributed by atoms with E-state index in [1.54, 1.807) is 13.0 Å². The van der Waals surface area contributed by atoms with Crippen molar-refractivity contribution in [3.05, 3.63) is 57.6 Å². The normalized spacial score (nSPS) is 12.5. The minimum atomic E-state index is -3.66. The lowest BCUT2D eigenvalue weighted by Gasteiger charge is -2.17. The lowest BCUT2D eigenvalue weighted by atomic mass is 10.2. The fraction of sp³-hybridized carbons (Fsp3) is 0.263. The van der Waals surface area contributed by atoms with Crippen LogP contribution >= 0.6 is 23.2 Å². The maximum Gasteiger partial charge on any atom is 0.340 e. The monoisotopic (exact) mass is 458 g/mol. The second kappa shape index (κ2) is 9.13. The van der Waals surface area contributed by atoms with Crippen LogP contribution in [0.15, 0.2) is 41.3 Å². The molecule has 0 aromatic heterocycles. The number of carbonyl (C=O) groups excluding carboxylic acids is 2. The number of aryl methyl sites for hydroxylation is 1. The molecule has 0 fully saturated rings. The number of halogens is 2. The van der Waals surface area contributed by atoms with Crippen molar-refractivity contribution < 1.29 is 22.7 Å². The molecule has 7 nitrogen and oxygen atoms in total. The first kappa shape index (κ1) is 23.2. The molecule has 0 saturated carbocycles. The van der Waals surface area contributed by atoms with Gasteiger partial charge in [0.25, 0.3) is 5.91 Å². The molecule has 29 heavy (non-hydrogen) atoms. The second-order valence-corrected chi connectivity index (χ2v) is 9.42. The number of hydrogen-bond acceptors (Lipinski definition) is 5. The van der Waals surface area contributed by atoms with Gasteiger partial charge < -0.3 is 10.1 Å². The number of hydrogen-bond donors (Lipinski definition) is 1. The molecule has 0 aliphatic carbocycles. The fourth-order valence-electron chi connectivity index (χ4n) is 2.27. The number of nitrogens with zero attached hydrogens (tertiary/aromatic N) is 1. The van der Waals surface area contributed by atoms with Gasteiger partial charge in [-0.3, -0.25) is 4.79 Å². The summed E-state index contributed by atoms with van der Waals surface area (Å²) in [5, 5.41) is 3.05. The SMILES string of the molecule is Cc1ccc(S(=O)(=O)N(C)C)cc1NC(=O)C(C)OC(=O)c1ccc(Cl)cc1Cl. The Morgan fingerprint density at radius 2 is 1.76 bits per heavy atom. The molecule has 0 spiro atoms. The summed E-state index contributed by atoms with van der Waals surface area (Å²) in [6.07, 6.45) is -1.15. The average Bonchev–Trinajstić information content (AvgIpc) is 2.62. The highest BCUT2D eigenvalue weighted by Crippen LogP contribution is 2.24. The van der Waals surface area contributed by atoms with E-state index in [4.69, 9.17) is 27.9 Å². The molecule has 1 unspecified atom stereocenters. The molecule has 1 atom stereocenters. The molecule has 2 rings (SSSR count). The zero-order valence-corrected chi connectivity index (χ0v) is 18.5. The number of carbonyl (C=O) groups is 2. The third kappa shape index (κ3) is 5.48. The molecule has 0 aliphatic rings. The van der Waals surface area contributed by atoms with E-state index in [1.165, 1.54) is 51.4 Å². The number of ether oxygens (including phenoxy) is 1. The highest BCUT2D eigenvalue weighted by molar-refractivity contribution is 7.89. The first-order valence-corrected chi connectivity index (χ1v) is 10.6. The van der Waals surface area contributed by atoms with Gasteiger partial charge in [-0.25, -0.2) is 17.5 Å². The molecule has 10 heteroatoms. The van der Waals surface area contributed by atoms with Crippen molar-refractivity contribution in [2.45, 2.75) is 24.8 Å². The Balaban J connectivity index is 2.16. The van der Waals surface area contributed by atoms with Crippen molar-refractivity contribution in [2.24, 2.45) is 0 Å². The number of rotatable bonds is 6. The number of esters is 1. The molecule has 0 aliphatic heterocycles. The van der Waals surface area contributed by atoms with Crippen molar-refractivity contribution in [2.75, 3.05) is 19.4 Å². The van der Waals surface area contributed by atoms with Gasteiger partial charge in [-0.05, 0) is 49.7 Å². The lowest BCUT2D eigenvalue weighted by Crippen LogP contribution is -2.30. The number of nitrogens with one attached hydrogen (secondary N) is 1. The smallest absolute Gasteiger partial charge is 0.340 e. The maximum absolute atomic E-state index is 12.5. The fourth-order valence-corrected chi connectivity index (χ4v) is 3.69. The van der Waals surface area contributed by atoms with Crippen LogP contribution in [0.2, 0.25) is 10.0 Å². The molecule has 2 aromatic carbocycles. The Bertz CT molecular complexity index is 1050. The minimum absolute atomic E-state index is 0.0287. The number of amides is 1. The standard InChI is InChI=1S/C19H20Cl2N2O5S/c1-11-5-7-14(29(26,27)23(3)4)10-17(11)22-18(24)12(2)28-19(25)15-8-6-13(20)9-16(15)21/h5-10,12H,1-4H3,(H,22,24). The third-order valence-corrected chi connectivity index (χ3v) is 6.41. The summed E-state index contributed by atoms with van der Waals surface area (Å²) in [6, 6.07) is 8.66. The van der Waals surface area contributed by atoms with Gasteiger partial charge in [0.15, 0.2) is 6.10 Å².